The van der Waals surface area contributed by atoms with Crippen LogP contribution in [0.1, 0.15) is 90.8 Å². The van der Waals surface area contributed by atoms with Gasteiger partial charge >= 0.3 is 0 Å². The van der Waals surface area contributed by atoms with Crippen LogP contribution in [-0.2, 0) is 16.1 Å². The Kier molecular flexibility index (Phi) is 10.4. The third-order valence-electron chi connectivity index (χ3n) is 8.11. The number of hydrogen-bond acceptors (Lipinski definition) is 10. The van der Waals surface area contributed by atoms with Crippen molar-refractivity contribution in [3.05, 3.63) is 74.4 Å². The summed E-state index contributed by atoms with van der Waals surface area (Å²) in [5, 5.41) is 11.4. The molecule has 48 heavy (non-hydrogen) atoms. The van der Waals surface area contributed by atoms with Gasteiger partial charge in [0, 0.05) is 30.9 Å². The number of benzene rings is 1. The monoisotopic (exact) mass is 676 g/mol. The van der Waals surface area contributed by atoms with Gasteiger partial charge in [0.1, 0.15) is 22.5 Å². The van der Waals surface area contributed by atoms with Gasteiger partial charge in [-0.1, -0.05) is 39.8 Å². The van der Waals surface area contributed by atoms with Crippen molar-refractivity contribution in [1.29, 1.82) is 0 Å². The molecule has 0 saturated heterocycles. The van der Waals surface area contributed by atoms with Crippen LogP contribution in [0.2, 0.25) is 0 Å². The molecule has 3 N–H and O–H groups in total. The van der Waals surface area contributed by atoms with Gasteiger partial charge in [-0.05, 0) is 37.8 Å². The smallest absolute Gasteiger partial charge is 0.273 e. The molecule has 0 fully saturated rings. The molecule has 4 bridgehead atoms. The summed E-state index contributed by atoms with van der Waals surface area (Å²) in [6.45, 7) is 10.7. The van der Waals surface area contributed by atoms with Crippen LogP contribution in [-0.4, -0.2) is 67.2 Å². The number of aryl methyl sites for hydroxylation is 2. The van der Waals surface area contributed by atoms with Crippen LogP contribution in [0.15, 0.2) is 45.2 Å². The van der Waals surface area contributed by atoms with E-state index in [0.717, 1.165) is 0 Å². The summed E-state index contributed by atoms with van der Waals surface area (Å²) in [6.07, 6.45) is 1.32. The van der Waals surface area contributed by atoms with E-state index in [0.29, 0.717) is 15.9 Å². The van der Waals surface area contributed by atoms with Crippen molar-refractivity contribution in [1.82, 2.24) is 40.4 Å². The lowest BCUT2D eigenvalue weighted by Crippen LogP contribution is -2.49. The van der Waals surface area contributed by atoms with E-state index in [-0.39, 0.29) is 66.5 Å². The zero-order valence-corrected chi connectivity index (χ0v) is 28.6. The molecule has 1 aliphatic rings. The second-order valence-electron chi connectivity index (χ2n) is 12.7. The summed E-state index contributed by atoms with van der Waals surface area (Å²) in [5.41, 5.74) is 0.505. The second kappa shape index (κ2) is 14.5. The second-order valence-corrected chi connectivity index (χ2v) is 13.6. The molecule has 3 atom stereocenters. The first-order valence-electron chi connectivity index (χ1n) is 15.9. The van der Waals surface area contributed by atoms with Crippen molar-refractivity contribution in [3.63, 3.8) is 0 Å². The van der Waals surface area contributed by atoms with E-state index in [2.05, 4.69) is 30.9 Å². The summed E-state index contributed by atoms with van der Waals surface area (Å²) in [5.74, 6) is -1.57. The van der Waals surface area contributed by atoms with E-state index in [1.54, 1.807) is 43.5 Å². The molecule has 15 heteroatoms. The molecular formula is C33H40N8O6S. The minimum absolute atomic E-state index is 0.00500. The van der Waals surface area contributed by atoms with E-state index >= 15 is 0 Å². The Bertz CT molecular complexity index is 1900. The van der Waals surface area contributed by atoms with Gasteiger partial charge in [0.2, 0.25) is 17.7 Å². The van der Waals surface area contributed by atoms with E-state index in [1.807, 2.05) is 27.7 Å². The molecule has 0 radical (unpaired) electrons. The van der Waals surface area contributed by atoms with Crippen LogP contribution >= 0.6 is 11.3 Å². The third kappa shape index (κ3) is 7.62. The summed E-state index contributed by atoms with van der Waals surface area (Å²) < 4.78 is 7.24. The Hall–Kier alpha value is -4.92. The summed E-state index contributed by atoms with van der Waals surface area (Å²) in [7, 11) is 0. The predicted octanol–water partition coefficient (Wildman–Crippen LogP) is 3.14. The molecule has 1 aromatic carbocycles. The minimum atomic E-state index is -0.641. The average molecular weight is 677 g/mol. The molecule has 4 aromatic rings. The van der Waals surface area contributed by atoms with Crippen molar-refractivity contribution >= 4 is 45.9 Å². The van der Waals surface area contributed by atoms with Crippen molar-refractivity contribution in [2.75, 3.05) is 13.1 Å². The molecule has 4 heterocycles. The highest BCUT2D eigenvalue weighted by Gasteiger charge is 2.31. The number of hydrogen-bond donors (Lipinski definition) is 3. The number of carbonyl (C=O) groups excluding carboxylic acids is 4. The Morgan fingerprint density at radius 3 is 2.46 bits per heavy atom. The molecule has 4 amide bonds. The van der Waals surface area contributed by atoms with Crippen LogP contribution in [0.4, 0.5) is 0 Å². The Balaban J connectivity index is 1.44. The van der Waals surface area contributed by atoms with Gasteiger partial charge in [-0.3, -0.25) is 28.5 Å². The van der Waals surface area contributed by atoms with Gasteiger partial charge in [0.15, 0.2) is 5.69 Å². The lowest BCUT2D eigenvalue weighted by atomic mass is 10.0. The molecule has 0 saturated carbocycles. The number of aromatic nitrogens is 4. The van der Waals surface area contributed by atoms with Gasteiger partial charge < -0.3 is 25.3 Å². The highest BCUT2D eigenvalue weighted by molar-refractivity contribution is 7.09. The molecule has 0 aliphatic carbocycles. The first kappa shape index (κ1) is 34.4. The van der Waals surface area contributed by atoms with Gasteiger partial charge in [0.25, 0.3) is 17.4 Å². The molecule has 1 aliphatic heterocycles. The normalized spacial score (nSPS) is 19.5. The quantitative estimate of drug-likeness (QED) is 0.286. The molecule has 14 nitrogen and oxygen atoms in total. The van der Waals surface area contributed by atoms with E-state index in [1.165, 1.54) is 27.1 Å². The third-order valence-corrected chi connectivity index (χ3v) is 9.04. The zero-order chi connectivity index (χ0) is 34.7. The van der Waals surface area contributed by atoms with Gasteiger partial charge in [-0.2, -0.15) is 0 Å². The zero-order valence-electron chi connectivity index (χ0n) is 27.8. The Labute approximate surface area is 281 Å². The number of amides is 4. The van der Waals surface area contributed by atoms with E-state index in [4.69, 9.17) is 4.42 Å². The highest BCUT2D eigenvalue weighted by Crippen LogP contribution is 2.27. The van der Waals surface area contributed by atoms with E-state index in [9.17, 15) is 24.0 Å². The molecule has 3 aromatic heterocycles. The number of nitrogens with zero attached hydrogens (tertiary/aromatic N) is 5. The van der Waals surface area contributed by atoms with Crippen molar-refractivity contribution < 1.29 is 23.6 Å². The standard InChI is InChI=1S/C33H40N8O6S/c1-17(2)26-31-39-28(20(6)47-31)30(45)35-19(5)13-41(25(43)11-12-40-16-34-22-10-8-7-9-21(22)33(40)46)14-24(42)37-27(18(3)4)32-36-23(15-48-32)29(44)38-26/h7-10,15-19,26-27H,11-14H2,1-6H3,(H,35,45)(H,37,42)(H,38,44)/t19-,26-,27+/m1/s1. The van der Waals surface area contributed by atoms with Gasteiger partial charge in [-0.15, -0.1) is 11.3 Å². The fraction of sp³-hybridized carbons (Fsp3) is 0.455. The lowest BCUT2D eigenvalue weighted by molar-refractivity contribution is -0.136. The Morgan fingerprint density at radius 1 is 1.00 bits per heavy atom. The Morgan fingerprint density at radius 2 is 1.73 bits per heavy atom. The van der Waals surface area contributed by atoms with Crippen LogP contribution in [0.3, 0.4) is 0 Å². The maximum absolute atomic E-state index is 13.7. The highest BCUT2D eigenvalue weighted by atomic mass is 32.1. The van der Waals surface area contributed by atoms with Gasteiger partial charge in [-0.25, -0.2) is 15.0 Å². The maximum Gasteiger partial charge on any atom is 0.273 e. The number of rotatable bonds is 5. The maximum atomic E-state index is 13.7. The van der Waals surface area contributed by atoms with Crippen molar-refractivity contribution in [2.24, 2.45) is 11.8 Å². The topological polar surface area (TPSA) is 181 Å². The largest absolute Gasteiger partial charge is 0.443 e. The molecule has 0 spiro atoms. The van der Waals surface area contributed by atoms with Gasteiger partial charge in [0.05, 0.1) is 29.8 Å². The number of carbonyl (C=O) groups is 4. The van der Waals surface area contributed by atoms with Crippen LogP contribution in [0.25, 0.3) is 10.9 Å². The average Bonchev–Trinajstić information content (AvgIpc) is 3.68. The minimum Gasteiger partial charge on any atom is -0.443 e. The number of para-hydroxylation sites is 1. The van der Waals surface area contributed by atoms with Crippen LogP contribution < -0.4 is 21.5 Å². The summed E-state index contributed by atoms with van der Waals surface area (Å²) >= 11 is 1.25. The SMILES string of the molecule is Cc1oc2nc1C(=O)N[C@H](C)CN(C(=O)CCn1cnc3ccccc3c1=O)CC(=O)N[C@@H](C(C)C)c1nc(cs1)C(=O)N[C@@H]2C(C)C. The first-order chi connectivity index (χ1) is 22.8. The fourth-order valence-corrected chi connectivity index (χ4v) is 6.51. The van der Waals surface area contributed by atoms with Crippen LogP contribution in [0, 0.1) is 18.8 Å². The fourth-order valence-electron chi connectivity index (χ4n) is 5.49. The molecule has 254 valence electrons. The first-order valence-corrected chi connectivity index (χ1v) is 16.8. The number of nitrogens with one attached hydrogen (secondary N) is 3. The number of fused-ring (bicyclic) bond motifs is 5. The van der Waals surface area contributed by atoms with Crippen LogP contribution in [0.5, 0.6) is 0 Å². The van der Waals surface area contributed by atoms with Crippen molar-refractivity contribution in [2.45, 2.75) is 72.6 Å². The molecule has 0 unspecified atom stereocenters. The number of oxazole rings is 1. The summed E-state index contributed by atoms with van der Waals surface area (Å²) in [4.78, 5) is 81.5. The summed E-state index contributed by atoms with van der Waals surface area (Å²) in [6, 6.07) is 5.19. The van der Waals surface area contributed by atoms with Crippen molar-refractivity contribution in [3.8, 4) is 0 Å². The predicted molar refractivity (Wildman–Crippen MR) is 178 cm³/mol. The molecular weight excluding hydrogens is 636 g/mol. The lowest BCUT2D eigenvalue weighted by Gasteiger charge is -2.28. The molecule has 5 rings (SSSR count). The number of thiazole rings is 1. The van der Waals surface area contributed by atoms with E-state index < -0.39 is 41.8 Å².